The summed E-state index contributed by atoms with van der Waals surface area (Å²) >= 11 is 6.07. The zero-order chi connectivity index (χ0) is 20.3. The maximum atomic E-state index is 12.7. The van der Waals surface area contributed by atoms with Gasteiger partial charge in [0.25, 0.3) is 0 Å². The zero-order valence-corrected chi connectivity index (χ0v) is 15.5. The van der Waals surface area contributed by atoms with E-state index in [0.717, 1.165) is 0 Å². The number of carbonyl (C=O) groups excluding carboxylic acids is 2. The van der Waals surface area contributed by atoms with Gasteiger partial charge in [0.1, 0.15) is 17.3 Å². The van der Waals surface area contributed by atoms with E-state index in [2.05, 4.69) is 9.73 Å². The number of hydrogen-bond donors (Lipinski definition) is 0. The van der Waals surface area contributed by atoms with Gasteiger partial charge < -0.3 is 14.5 Å². The first kappa shape index (κ1) is 20.2. The number of ether oxygens (including phenoxy) is 1. The topological polar surface area (TPSA) is 62.2 Å². The first-order valence-corrected chi connectivity index (χ1v) is 8.91. The number of hydrogen-bond acceptors (Lipinski definition) is 5. The van der Waals surface area contributed by atoms with Crippen molar-refractivity contribution in [3.05, 3.63) is 40.6 Å². The van der Waals surface area contributed by atoms with Crippen LogP contribution in [0.1, 0.15) is 12.0 Å². The Morgan fingerprint density at radius 2 is 1.93 bits per heavy atom. The average molecular weight is 416 g/mol. The summed E-state index contributed by atoms with van der Waals surface area (Å²) in [6.07, 6.45) is -2.78. The number of ketones is 1. The Labute approximate surface area is 164 Å². The van der Waals surface area contributed by atoms with E-state index in [0.29, 0.717) is 25.2 Å². The van der Waals surface area contributed by atoms with Crippen LogP contribution in [-0.2, 0) is 16.1 Å². The van der Waals surface area contributed by atoms with Gasteiger partial charge in [-0.25, -0.2) is 0 Å². The number of halogens is 4. The Balaban J connectivity index is 1.75. The van der Waals surface area contributed by atoms with Gasteiger partial charge in [0.05, 0.1) is 12.2 Å². The van der Waals surface area contributed by atoms with Crippen LogP contribution in [0.15, 0.2) is 40.0 Å². The summed E-state index contributed by atoms with van der Waals surface area (Å²) in [7, 11) is 0. The summed E-state index contributed by atoms with van der Waals surface area (Å²) in [5.41, 5.74) is 0.655. The molecule has 150 valence electrons. The number of aliphatic imine (C=N–C) groups is 1. The molecule has 0 atom stereocenters. The lowest BCUT2D eigenvalue weighted by Gasteiger charge is -2.25. The molecule has 1 aromatic rings. The van der Waals surface area contributed by atoms with Crippen LogP contribution in [0.25, 0.3) is 0 Å². The van der Waals surface area contributed by atoms with Crippen LogP contribution in [0.5, 0.6) is 5.75 Å². The highest BCUT2D eigenvalue weighted by atomic mass is 35.5. The van der Waals surface area contributed by atoms with Crippen LogP contribution < -0.4 is 4.74 Å². The molecule has 2 heterocycles. The van der Waals surface area contributed by atoms with Crippen molar-refractivity contribution in [2.45, 2.75) is 19.3 Å². The maximum Gasteiger partial charge on any atom is 0.573 e. The number of nitrogens with zero attached hydrogens (tertiary/aromatic N) is 3. The van der Waals surface area contributed by atoms with Crippen LogP contribution in [0.4, 0.5) is 13.2 Å². The number of alkyl halides is 3. The third-order valence-electron chi connectivity index (χ3n) is 4.35. The molecule has 0 unspecified atom stereocenters. The van der Waals surface area contributed by atoms with Gasteiger partial charge in [0.15, 0.2) is 5.78 Å². The van der Waals surface area contributed by atoms with Crippen LogP contribution in [0.2, 0.25) is 0 Å². The van der Waals surface area contributed by atoms with Gasteiger partial charge in [-0.15, -0.1) is 13.2 Å². The Kier molecular flexibility index (Phi) is 5.93. The van der Waals surface area contributed by atoms with E-state index in [4.69, 9.17) is 11.6 Å². The van der Waals surface area contributed by atoms with Crippen molar-refractivity contribution in [2.75, 3.05) is 26.2 Å². The highest BCUT2D eigenvalue weighted by Gasteiger charge is 2.33. The molecule has 2 aliphatic heterocycles. The summed E-state index contributed by atoms with van der Waals surface area (Å²) in [6, 6.07) is 5.72. The number of carbonyl (C=O) groups is 2. The number of allylic oxidation sites excluding steroid dienone is 1. The largest absolute Gasteiger partial charge is 0.573 e. The van der Waals surface area contributed by atoms with E-state index in [-0.39, 0.29) is 47.7 Å². The molecule has 0 saturated carbocycles. The van der Waals surface area contributed by atoms with Gasteiger partial charge in [-0.1, -0.05) is 29.8 Å². The summed E-state index contributed by atoms with van der Waals surface area (Å²) in [4.78, 5) is 31.5. The third kappa shape index (κ3) is 4.83. The predicted molar refractivity (Wildman–Crippen MR) is 96.0 cm³/mol. The van der Waals surface area contributed by atoms with E-state index in [9.17, 15) is 22.8 Å². The average Bonchev–Trinajstić information content (AvgIpc) is 2.80. The smallest absolute Gasteiger partial charge is 0.405 e. The summed E-state index contributed by atoms with van der Waals surface area (Å²) < 4.78 is 41.9. The molecule has 0 spiro atoms. The predicted octanol–water partition coefficient (Wildman–Crippen LogP) is 2.72. The molecular formula is C18H17ClF3N3O3. The van der Waals surface area contributed by atoms with Gasteiger partial charge in [-0.3, -0.25) is 14.6 Å². The summed E-state index contributed by atoms with van der Waals surface area (Å²) in [5, 5.41) is 0.0418. The van der Waals surface area contributed by atoms with Gasteiger partial charge >= 0.3 is 6.36 Å². The lowest BCUT2D eigenvalue weighted by atomic mass is 10.2. The number of para-hydroxylation sites is 1. The fourth-order valence-electron chi connectivity index (χ4n) is 3.06. The molecule has 10 heteroatoms. The molecule has 0 N–H and O–H groups in total. The number of amides is 1. The first-order chi connectivity index (χ1) is 13.2. The fourth-order valence-corrected chi connectivity index (χ4v) is 3.29. The van der Waals surface area contributed by atoms with E-state index in [1.807, 2.05) is 0 Å². The SMILES string of the molecule is O=C1CN=CC(N2CCCN(Cc3ccccc3OC(F)(F)F)C(=O)C2)=C1Cl. The minimum Gasteiger partial charge on any atom is -0.405 e. The van der Waals surface area contributed by atoms with E-state index >= 15 is 0 Å². The van der Waals surface area contributed by atoms with Gasteiger partial charge in [-0.2, -0.15) is 0 Å². The summed E-state index contributed by atoms with van der Waals surface area (Å²) in [6.45, 7) is 0.734. The lowest BCUT2D eigenvalue weighted by Crippen LogP contribution is -2.37. The van der Waals surface area contributed by atoms with Crippen molar-refractivity contribution in [1.29, 1.82) is 0 Å². The minimum absolute atomic E-state index is 0.0152. The number of dihydropyridines is 1. The molecular weight excluding hydrogens is 399 g/mol. The Bertz CT molecular complexity index is 839. The van der Waals surface area contributed by atoms with E-state index < -0.39 is 6.36 Å². The molecule has 3 rings (SSSR count). The standard InChI is InChI=1S/C18H17ClF3N3O3/c19-17-13(8-23-9-14(17)26)24-6-3-7-25(16(27)11-24)10-12-4-1-2-5-15(12)28-18(20,21)22/h1-2,4-5,8H,3,6-7,9-11H2. The van der Waals surface area contributed by atoms with Crippen molar-refractivity contribution in [1.82, 2.24) is 9.80 Å². The highest BCUT2D eigenvalue weighted by molar-refractivity contribution is 6.44. The van der Waals surface area contributed by atoms with E-state index in [1.165, 1.54) is 29.3 Å². The molecule has 1 amide bonds. The van der Waals surface area contributed by atoms with E-state index in [1.54, 1.807) is 11.0 Å². The normalized spacial score (nSPS) is 18.6. The first-order valence-electron chi connectivity index (χ1n) is 8.54. The Morgan fingerprint density at radius 3 is 2.68 bits per heavy atom. The summed E-state index contributed by atoms with van der Waals surface area (Å²) in [5.74, 6) is -0.937. The molecule has 2 aliphatic rings. The quantitative estimate of drug-likeness (QED) is 0.758. The molecule has 6 nitrogen and oxygen atoms in total. The van der Waals surface area contributed by atoms with Crippen molar-refractivity contribution in [3.8, 4) is 5.75 Å². The second-order valence-electron chi connectivity index (χ2n) is 6.34. The maximum absolute atomic E-state index is 12.7. The van der Waals surface area contributed by atoms with Crippen LogP contribution in [0.3, 0.4) is 0 Å². The molecule has 28 heavy (non-hydrogen) atoms. The Morgan fingerprint density at radius 1 is 1.18 bits per heavy atom. The fraction of sp³-hybridized carbons (Fsp3) is 0.389. The van der Waals surface area contributed by atoms with Gasteiger partial charge in [0.2, 0.25) is 5.91 Å². The molecule has 1 saturated heterocycles. The number of rotatable bonds is 4. The third-order valence-corrected chi connectivity index (χ3v) is 4.76. The van der Waals surface area contributed by atoms with Gasteiger partial charge in [-0.05, 0) is 12.5 Å². The second kappa shape index (κ2) is 8.22. The highest BCUT2D eigenvalue weighted by Crippen LogP contribution is 2.28. The second-order valence-corrected chi connectivity index (χ2v) is 6.72. The van der Waals surface area contributed by atoms with Crippen molar-refractivity contribution in [2.24, 2.45) is 4.99 Å². The molecule has 0 bridgehead atoms. The molecule has 0 aromatic heterocycles. The molecule has 0 aliphatic carbocycles. The number of benzene rings is 1. The molecule has 1 aromatic carbocycles. The van der Waals surface area contributed by atoms with Crippen LogP contribution >= 0.6 is 11.6 Å². The minimum atomic E-state index is -4.81. The zero-order valence-electron chi connectivity index (χ0n) is 14.7. The van der Waals surface area contributed by atoms with Crippen LogP contribution in [0, 0.1) is 0 Å². The van der Waals surface area contributed by atoms with Crippen LogP contribution in [-0.4, -0.2) is 60.2 Å². The number of Topliss-reactive ketones (excluding diaryl/α,β-unsaturated/α-hetero) is 1. The van der Waals surface area contributed by atoms with Gasteiger partial charge in [0, 0.05) is 31.4 Å². The molecule has 0 radical (unpaired) electrons. The Hall–Kier alpha value is -2.55. The van der Waals surface area contributed by atoms with Crippen molar-refractivity contribution >= 4 is 29.5 Å². The lowest BCUT2D eigenvalue weighted by molar-refractivity contribution is -0.275. The van der Waals surface area contributed by atoms with Crippen molar-refractivity contribution in [3.63, 3.8) is 0 Å². The molecule has 1 fully saturated rings. The van der Waals surface area contributed by atoms with Crippen molar-refractivity contribution < 1.29 is 27.5 Å². The monoisotopic (exact) mass is 415 g/mol.